The SMILES string of the molecule is CC#Cc1cc(N(Cc2ccc(OC)cc2)Cc2ccc(OC)cc2)c(F)c(-c2ncc3c(N4C[C@H]5CC[C@@H](C4)N5C(=O)OC(C)(C)C)nc(OCC(F)(F)F)nc3c2F)c1C(F)(F)F. The van der Waals surface area contributed by atoms with Crippen LogP contribution < -0.4 is 24.0 Å². The number of amides is 1. The number of carbonyl (C=O) groups excluding carboxylic acids is 1. The van der Waals surface area contributed by atoms with Gasteiger partial charge < -0.3 is 28.7 Å². The van der Waals surface area contributed by atoms with Gasteiger partial charge in [-0.05, 0) is 82.0 Å². The van der Waals surface area contributed by atoms with Gasteiger partial charge in [0.25, 0.3) is 0 Å². The molecular weight excluding hydrogens is 869 g/mol. The summed E-state index contributed by atoms with van der Waals surface area (Å²) in [4.78, 5) is 30.1. The lowest BCUT2D eigenvalue weighted by Crippen LogP contribution is -2.57. The van der Waals surface area contributed by atoms with E-state index < -0.39 is 94.0 Å². The summed E-state index contributed by atoms with van der Waals surface area (Å²) in [6.45, 7) is 4.54. The van der Waals surface area contributed by atoms with Gasteiger partial charge in [0.1, 0.15) is 34.1 Å². The number of alkyl halides is 6. The number of ether oxygens (including phenoxy) is 4. The molecule has 0 aliphatic carbocycles. The molecule has 0 spiro atoms. The number of piperazine rings is 1. The van der Waals surface area contributed by atoms with E-state index in [1.165, 1.54) is 26.0 Å². The molecule has 2 aliphatic rings. The van der Waals surface area contributed by atoms with Gasteiger partial charge >= 0.3 is 24.5 Å². The van der Waals surface area contributed by atoms with Crippen molar-refractivity contribution in [1.82, 2.24) is 19.9 Å². The normalized spacial score (nSPS) is 16.3. The molecule has 0 radical (unpaired) electrons. The maximum absolute atomic E-state index is 17.6. The maximum Gasteiger partial charge on any atom is 0.422 e. The lowest BCUT2D eigenvalue weighted by atomic mass is 9.94. The van der Waals surface area contributed by atoms with E-state index >= 15 is 22.0 Å². The van der Waals surface area contributed by atoms with Gasteiger partial charge in [-0.2, -0.15) is 36.3 Å². The predicted molar refractivity (Wildman–Crippen MR) is 225 cm³/mol. The van der Waals surface area contributed by atoms with Crippen LogP contribution in [0.3, 0.4) is 0 Å². The van der Waals surface area contributed by atoms with E-state index in [-0.39, 0.29) is 37.4 Å². The fourth-order valence-electron chi connectivity index (χ4n) is 8.09. The highest BCUT2D eigenvalue weighted by Crippen LogP contribution is 2.46. The van der Waals surface area contributed by atoms with Crippen LogP contribution >= 0.6 is 0 Å². The number of pyridine rings is 1. The summed E-state index contributed by atoms with van der Waals surface area (Å²) in [6.07, 6.45) is -8.77. The van der Waals surface area contributed by atoms with Crippen molar-refractivity contribution in [2.45, 2.75) is 83.7 Å². The Kier molecular flexibility index (Phi) is 12.9. The van der Waals surface area contributed by atoms with Gasteiger partial charge in [-0.15, -0.1) is 5.92 Å². The number of fused-ring (bicyclic) bond motifs is 3. The van der Waals surface area contributed by atoms with Crippen LogP contribution in [-0.4, -0.2) is 83.7 Å². The number of hydrogen-bond acceptors (Lipinski definition) is 10. The highest BCUT2D eigenvalue weighted by atomic mass is 19.4. The number of halogens is 8. The monoisotopic (exact) mass is 912 g/mol. The van der Waals surface area contributed by atoms with Gasteiger partial charge in [-0.25, -0.2) is 13.6 Å². The molecule has 0 saturated carbocycles. The zero-order valence-corrected chi connectivity index (χ0v) is 36.1. The summed E-state index contributed by atoms with van der Waals surface area (Å²) >= 11 is 0. The van der Waals surface area contributed by atoms with Crippen molar-refractivity contribution in [3.8, 4) is 40.6 Å². The third-order valence-corrected chi connectivity index (χ3v) is 10.8. The quantitative estimate of drug-likeness (QED) is 0.0940. The van der Waals surface area contributed by atoms with Gasteiger partial charge in [-0.1, -0.05) is 30.2 Å². The summed E-state index contributed by atoms with van der Waals surface area (Å²) in [5, 5.41) is -0.213. The fraction of sp³-hybridized carbons (Fsp3) is 0.391. The van der Waals surface area contributed by atoms with Crippen LogP contribution in [-0.2, 0) is 24.0 Å². The zero-order chi connectivity index (χ0) is 47.0. The minimum Gasteiger partial charge on any atom is -0.497 e. The van der Waals surface area contributed by atoms with Crippen molar-refractivity contribution in [2.24, 2.45) is 0 Å². The molecule has 0 unspecified atom stereocenters. The number of nitrogens with zero attached hydrogens (tertiary/aromatic N) is 6. The Morgan fingerprint density at radius 3 is 1.91 bits per heavy atom. The second kappa shape index (κ2) is 18.1. The van der Waals surface area contributed by atoms with E-state index in [4.69, 9.17) is 18.9 Å². The Hall–Kier alpha value is -6.58. The van der Waals surface area contributed by atoms with Crippen molar-refractivity contribution >= 4 is 28.5 Å². The largest absolute Gasteiger partial charge is 0.497 e. The van der Waals surface area contributed by atoms with Crippen LogP contribution in [0.15, 0.2) is 60.8 Å². The smallest absolute Gasteiger partial charge is 0.422 e. The van der Waals surface area contributed by atoms with E-state index in [0.717, 1.165) is 12.3 Å². The molecule has 4 heterocycles. The Morgan fingerprint density at radius 1 is 0.846 bits per heavy atom. The highest BCUT2D eigenvalue weighted by molar-refractivity contribution is 5.93. The first-order valence-electron chi connectivity index (χ1n) is 20.4. The van der Waals surface area contributed by atoms with Crippen molar-refractivity contribution in [3.63, 3.8) is 0 Å². The molecule has 19 heteroatoms. The molecule has 2 saturated heterocycles. The molecule has 11 nitrogen and oxygen atoms in total. The molecule has 3 aromatic carbocycles. The molecule has 1 amide bonds. The van der Waals surface area contributed by atoms with Gasteiger partial charge in [0.15, 0.2) is 18.2 Å². The minimum atomic E-state index is -5.33. The first-order chi connectivity index (χ1) is 30.7. The summed E-state index contributed by atoms with van der Waals surface area (Å²) in [5.74, 6) is 2.64. The van der Waals surface area contributed by atoms with E-state index in [1.54, 1.807) is 79.1 Å². The average molecular weight is 913 g/mol. The van der Waals surface area contributed by atoms with Gasteiger partial charge in [0.05, 0.1) is 48.5 Å². The second-order valence-corrected chi connectivity index (χ2v) is 16.5. The molecule has 0 N–H and O–H groups in total. The molecule has 344 valence electrons. The number of carbonyl (C=O) groups is 1. The Balaban J connectivity index is 1.41. The van der Waals surface area contributed by atoms with Crippen LogP contribution in [0.25, 0.3) is 22.2 Å². The first kappa shape index (κ1) is 46.4. The molecular formula is C46H44F8N6O5. The summed E-state index contributed by atoms with van der Waals surface area (Å²) in [7, 11) is 2.95. The standard InChI is InChI=1S/C46H44F8N6O5/c1-7-8-28-19-34(58(21-26-9-15-31(62-5)16-10-26)22-27-11-17-32(63-6)18-12-27)37(47)35(36(28)46(52,53)54)40-38(48)39-33(20-55-40)41(57-42(56-39)64-25-45(49,50)51)59-23-29-13-14-30(24-59)60(29)43(61)65-44(2,3)4/h9-12,15-20,29-30H,13-14,21-25H2,1-6H3/t29-,30+. The third-order valence-electron chi connectivity index (χ3n) is 10.8. The number of hydrogen-bond donors (Lipinski definition) is 0. The van der Waals surface area contributed by atoms with Crippen molar-refractivity contribution in [2.75, 3.05) is 43.7 Å². The molecule has 2 aliphatic heterocycles. The number of anilines is 2. The molecule has 65 heavy (non-hydrogen) atoms. The molecule has 2 aromatic heterocycles. The fourth-order valence-corrected chi connectivity index (χ4v) is 8.09. The molecule has 2 atom stereocenters. The predicted octanol–water partition coefficient (Wildman–Crippen LogP) is 10.1. The number of benzene rings is 3. The minimum absolute atomic E-state index is 0.0654. The van der Waals surface area contributed by atoms with Gasteiger partial charge in [-0.3, -0.25) is 9.88 Å². The third kappa shape index (κ3) is 10.2. The lowest BCUT2D eigenvalue weighted by molar-refractivity contribution is -0.154. The van der Waals surface area contributed by atoms with Crippen molar-refractivity contribution in [1.29, 1.82) is 0 Å². The summed E-state index contributed by atoms with van der Waals surface area (Å²) < 4.78 is 142. The van der Waals surface area contributed by atoms with Crippen LogP contribution in [0.2, 0.25) is 0 Å². The van der Waals surface area contributed by atoms with Gasteiger partial charge in [0, 0.05) is 37.9 Å². The van der Waals surface area contributed by atoms with Crippen molar-refractivity contribution in [3.05, 3.63) is 94.7 Å². The van der Waals surface area contributed by atoms with E-state index in [9.17, 15) is 18.0 Å². The molecule has 2 fully saturated rings. The second-order valence-electron chi connectivity index (χ2n) is 16.5. The Labute approximate surface area is 369 Å². The number of rotatable bonds is 11. The maximum atomic E-state index is 17.6. The topological polar surface area (TPSA) is 102 Å². The Morgan fingerprint density at radius 2 is 1.42 bits per heavy atom. The Bertz CT molecular complexity index is 2560. The summed E-state index contributed by atoms with van der Waals surface area (Å²) in [5.41, 5.74) is -5.54. The van der Waals surface area contributed by atoms with Crippen LogP contribution in [0, 0.1) is 23.5 Å². The number of aromatic nitrogens is 3. The zero-order valence-electron chi connectivity index (χ0n) is 36.1. The van der Waals surface area contributed by atoms with Crippen molar-refractivity contribution < 1.29 is 58.9 Å². The summed E-state index contributed by atoms with van der Waals surface area (Å²) in [6, 6.07) is 12.5. The lowest BCUT2D eigenvalue weighted by Gasteiger charge is -2.42. The average Bonchev–Trinajstić information content (AvgIpc) is 3.51. The van der Waals surface area contributed by atoms with Gasteiger partial charge in [0.2, 0.25) is 0 Å². The first-order valence-corrected chi connectivity index (χ1v) is 20.4. The molecule has 5 aromatic rings. The van der Waals surface area contributed by atoms with E-state index in [1.807, 2.05) is 0 Å². The van der Waals surface area contributed by atoms with Crippen LogP contribution in [0.4, 0.5) is 51.4 Å². The highest BCUT2D eigenvalue weighted by Gasteiger charge is 2.46. The van der Waals surface area contributed by atoms with Crippen LogP contribution in [0.5, 0.6) is 17.5 Å². The van der Waals surface area contributed by atoms with Crippen LogP contribution in [0.1, 0.15) is 62.8 Å². The van der Waals surface area contributed by atoms with E-state index in [0.29, 0.717) is 35.5 Å². The van der Waals surface area contributed by atoms with E-state index in [2.05, 4.69) is 26.8 Å². The molecule has 7 rings (SSSR count). The molecule has 2 bridgehead atoms. The number of methoxy groups -OCH3 is 2.